The van der Waals surface area contributed by atoms with Crippen LogP contribution in [0.4, 0.5) is 21.6 Å². The molecule has 0 unspecified atom stereocenters. The molecule has 172 valence electrons. The third kappa shape index (κ3) is 5.79. The van der Waals surface area contributed by atoms with Gasteiger partial charge in [-0.25, -0.2) is 14.4 Å². The predicted octanol–water partition coefficient (Wildman–Crippen LogP) is 6.64. The fourth-order valence-corrected chi connectivity index (χ4v) is 4.31. The van der Waals surface area contributed by atoms with E-state index in [2.05, 4.69) is 20.6 Å². The van der Waals surface area contributed by atoms with Crippen molar-refractivity contribution >= 4 is 45.6 Å². The zero-order valence-electron chi connectivity index (χ0n) is 18.4. The lowest BCUT2D eigenvalue weighted by molar-refractivity contribution is -0.111. The maximum atomic E-state index is 13.5. The Morgan fingerprint density at radius 2 is 2.03 bits per heavy atom. The van der Waals surface area contributed by atoms with Crippen molar-refractivity contribution < 1.29 is 13.9 Å². The van der Waals surface area contributed by atoms with Crippen molar-refractivity contribution in [1.82, 2.24) is 9.97 Å². The van der Waals surface area contributed by atoms with Crippen LogP contribution in [0.25, 0.3) is 10.9 Å². The molecule has 1 aliphatic carbocycles. The lowest BCUT2D eigenvalue weighted by Gasteiger charge is -2.19. The van der Waals surface area contributed by atoms with E-state index < -0.39 is 5.82 Å². The van der Waals surface area contributed by atoms with Crippen LogP contribution in [0, 0.1) is 11.7 Å². The molecule has 0 saturated heterocycles. The van der Waals surface area contributed by atoms with Gasteiger partial charge in [0, 0.05) is 17.1 Å². The Balaban J connectivity index is 1.55. The molecule has 0 spiro atoms. The summed E-state index contributed by atoms with van der Waals surface area (Å²) in [5, 5.41) is 6.70. The van der Waals surface area contributed by atoms with E-state index in [-0.39, 0.29) is 10.9 Å². The second kappa shape index (κ2) is 10.6. The molecular weight excluding hydrogens is 443 g/mol. The van der Waals surface area contributed by atoms with Crippen molar-refractivity contribution in [3.8, 4) is 5.75 Å². The van der Waals surface area contributed by atoms with Crippen molar-refractivity contribution in [2.45, 2.75) is 38.5 Å². The number of amides is 1. The molecule has 0 radical (unpaired) electrons. The van der Waals surface area contributed by atoms with Crippen LogP contribution >= 0.6 is 11.6 Å². The molecule has 1 aromatic heterocycles. The summed E-state index contributed by atoms with van der Waals surface area (Å²) in [7, 11) is 1.54. The van der Waals surface area contributed by atoms with Crippen LogP contribution in [-0.4, -0.2) is 23.0 Å². The molecule has 1 amide bonds. The third-order valence-electron chi connectivity index (χ3n) is 5.86. The van der Waals surface area contributed by atoms with Gasteiger partial charge >= 0.3 is 0 Å². The van der Waals surface area contributed by atoms with Gasteiger partial charge in [0.15, 0.2) is 0 Å². The number of halogens is 2. The quantitative estimate of drug-likeness (QED) is 0.380. The number of nitrogens with one attached hydrogen (secondary N) is 2. The minimum absolute atomic E-state index is 0.00740. The molecule has 6 nitrogen and oxygen atoms in total. The van der Waals surface area contributed by atoms with Gasteiger partial charge in [-0.2, -0.15) is 0 Å². The van der Waals surface area contributed by atoms with E-state index in [4.69, 9.17) is 16.3 Å². The highest BCUT2D eigenvalue weighted by Gasteiger charge is 2.14. The van der Waals surface area contributed by atoms with Gasteiger partial charge in [0.25, 0.3) is 0 Å². The topological polar surface area (TPSA) is 76.1 Å². The van der Waals surface area contributed by atoms with Crippen molar-refractivity contribution in [1.29, 1.82) is 0 Å². The Morgan fingerprint density at radius 3 is 2.79 bits per heavy atom. The van der Waals surface area contributed by atoms with Gasteiger partial charge in [-0.15, -0.1) is 0 Å². The van der Waals surface area contributed by atoms with Gasteiger partial charge in [0.05, 0.1) is 23.3 Å². The number of carbonyl (C=O) groups excluding carboxylic acids is 1. The Labute approximate surface area is 197 Å². The first-order valence-corrected chi connectivity index (χ1v) is 11.4. The molecule has 1 fully saturated rings. The van der Waals surface area contributed by atoms with Gasteiger partial charge in [0.2, 0.25) is 5.91 Å². The van der Waals surface area contributed by atoms with Crippen LogP contribution in [-0.2, 0) is 4.79 Å². The van der Waals surface area contributed by atoms with E-state index in [1.807, 2.05) is 6.08 Å². The van der Waals surface area contributed by atoms with E-state index in [1.54, 1.807) is 24.3 Å². The maximum Gasteiger partial charge on any atom is 0.248 e. The Hall–Kier alpha value is -3.19. The lowest BCUT2D eigenvalue weighted by Crippen LogP contribution is -2.10. The summed E-state index contributed by atoms with van der Waals surface area (Å²) in [5.41, 5.74) is 1.71. The number of nitrogens with zero attached hydrogens (tertiary/aromatic N) is 2. The number of aromatic nitrogens is 2. The molecule has 1 aliphatic rings. The van der Waals surface area contributed by atoms with Crippen LogP contribution in [0.1, 0.15) is 38.5 Å². The van der Waals surface area contributed by atoms with Gasteiger partial charge in [-0.3, -0.25) is 4.79 Å². The summed E-state index contributed by atoms with van der Waals surface area (Å²) in [6.45, 7) is 0. The zero-order chi connectivity index (χ0) is 23.2. The highest BCUT2D eigenvalue weighted by atomic mass is 35.5. The van der Waals surface area contributed by atoms with Gasteiger partial charge < -0.3 is 15.4 Å². The maximum absolute atomic E-state index is 13.5. The fourth-order valence-electron chi connectivity index (χ4n) is 4.13. The van der Waals surface area contributed by atoms with Crippen LogP contribution in [0.2, 0.25) is 5.02 Å². The van der Waals surface area contributed by atoms with Crippen LogP contribution in [0.15, 0.2) is 48.8 Å². The molecule has 2 N–H and O–H groups in total. The number of methoxy groups -OCH3 is 1. The van der Waals surface area contributed by atoms with Gasteiger partial charge in [-0.05, 0) is 42.7 Å². The number of allylic oxidation sites excluding steroid dienone is 1. The van der Waals surface area contributed by atoms with Crippen LogP contribution in [0.5, 0.6) is 5.75 Å². The van der Waals surface area contributed by atoms with E-state index in [0.29, 0.717) is 39.8 Å². The number of ether oxygens (including phenoxy) is 1. The molecule has 0 atom stereocenters. The number of rotatable bonds is 7. The first-order valence-electron chi connectivity index (χ1n) is 11.1. The normalized spacial score (nSPS) is 14.5. The van der Waals surface area contributed by atoms with E-state index in [0.717, 1.165) is 6.42 Å². The number of anilines is 3. The number of hydrogen-bond acceptors (Lipinski definition) is 5. The highest BCUT2D eigenvalue weighted by molar-refractivity contribution is 6.31. The largest absolute Gasteiger partial charge is 0.494 e. The van der Waals surface area contributed by atoms with E-state index in [1.165, 1.54) is 57.7 Å². The fraction of sp³-hybridized carbons (Fsp3) is 0.320. The summed E-state index contributed by atoms with van der Waals surface area (Å²) >= 11 is 5.89. The summed E-state index contributed by atoms with van der Waals surface area (Å²) in [6.07, 6.45) is 12.2. The van der Waals surface area contributed by atoms with Crippen LogP contribution < -0.4 is 15.4 Å². The first kappa shape index (κ1) is 23.0. The number of hydrogen-bond donors (Lipinski definition) is 2. The molecule has 0 aliphatic heterocycles. The molecule has 8 heteroatoms. The molecule has 3 aromatic rings. The third-order valence-corrected chi connectivity index (χ3v) is 6.15. The summed E-state index contributed by atoms with van der Waals surface area (Å²) in [6, 6.07) is 7.82. The average Bonchev–Trinajstić information content (AvgIpc) is 2.82. The number of benzene rings is 2. The Kier molecular flexibility index (Phi) is 7.40. The van der Waals surface area contributed by atoms with E-state index >= 15 is 0 Å². The number of carbonyl (C=O) groups is 1. The first-order chi connectivity index (χ1) is 16.0. The minimum atomic E-state index is -0.499. The highest BCUT2D eigenvalue weighted by Crippen LogP contribution is 2.33. The van der Waals surface area contributed by atoms with Crippen molar-refractivity contribution in [2.24, 2.45) is 5.92 Å². The van der Waals surface area contributed by atoms with E-state index in [9.17, 15) is 9.18 Å². The van der Waals surface area contributed by atoms with Gasteiger partial charge in [-0.1, -0.05) is 49.8 Å². The van der Waals surface area contributed by atoms with Crippen molar-refractivity contribution in [3.63, 3.8) is 0 Å². The van der Waals surface area contributed by atoms with Crippen molar-refractivity contribution in [3.05, 3.63) is 59.7 Å². The molecule has 1 saturated carbocycles. The lowest BCUT2D eigenvalue weighted by atomic mass is 9.87. The molecule has 2 aromatic carbocycles. The summed E-state index contributed by atoms with van der Waals surface area (Å²) < 4.78 is 19.0. The molecular formula is C25H26ClFN4O2. The zero-order valence-corrected chi connectivity index (χ0v) is 19.2. The summed E-state index contributed by atoms with van der Waals surface area (Å²) in [4.78, 5) is 21.2. The standard InChI is InChI=1S/C25H26ClFN4O2/c1-33-23-14-21-18(25(29-15-28-21)30-17-10-11-20(27)19(26)12-17)13-22(23)31-24(32)9-5-8-16-6-3-2-4-7-16/h5,9-16H,2-4,6-8H2,1H3,(H,31,32)(H,28,29,30)/b9-5+. The second-order valence-electron chi connectivity index (χ2n) is 8.18. The average molecular weight is 469 g/mol. The van der Waals surface area contributed by atoms with Gasteiger partial charge in [0.1, 0.15) is 23.7 Å². The summed E-state index contributed by atoms with van der Waals surface area (Å²) in [5.74, 6) is 0.935. The second-order valence-corrected chi connectivity index (χ2v) is 8.58. The minimum Gasteiger partial charge on any atom is -0.494 e. The van der Waals surface area contributed by atoms with Crippen molar-refractivity contribution in [2.75, 3.05) is 17.7 Å². The predicted molar refractivity (Wildman–Crippen MR) is 130 cm³/mol. The molecule has 0 bridgehead atoms. The molecule has 4 rings (SSSR count). The molecule has 33 heavy (non-hydrogen) atoms. The Morgan fingerprint density at radius 1 is 1.21 bits per heavy atom. The molecule has 1 heterocycles. The van der Waals surface area contributed by atoms with Crippen LogP contribution in [0.3, 0.4) is 0 Å². The Bertz CT molecular complexity index is 1180. The number of fused-ring (bicyclic) bond motifs is 1. The SMILES string of the molecule is COc1cc2ncnc(Nc3ccc(F)c(Cl)c3)c2cc1NC(=O)/C=C/CC1CCCCC1. The smallest absolute Gasteiger partial charge is 0.248 e. The monoisotopic (exact) mass is 468 g/mol.